The van der Waals surface area contributed by atoms with Crippen LogP contribution < -0.4 is 15.2 Å². The average molecular weight is 294 g/mol. The number of nitrogens with two attached hydrogens (primary N) is 1. The summed E-state index contributed by atoms with van der Waals surface area (Å²) in [6, 6.07) is 11.7. The average Bonchev–Trinajstić information content (AvgIpc) is 2.87. The topological polar surface area (TPSA) is 44.5 Å². The lowest BCUT2D eigenvalue weighted by Gasteiger charge is -2.05. The fourth-order valence-corrected chi connectivity index (χ4v) is 2.92. The third kappa shape index (κ3) is 2.74. The van der Waals surface area contributed by atoms with Gasteiger partial charge in [0.1, 0.15) is 0 Å². The van der Waals surface area contributed by atoms with Gasteiger partial charge in [-0.25, -0.2) is 0 Å². The number of fused-ring (bicyclic) bond motifs is 1. The molecule has 0 aliphatic carbocycles. The minimum absolute atomic E-state index is 0.305. The van der Waals surface area contributed by atoms with Crippen LogP contribution in [0.25, 0.3) is 0 Å². The molecule has 0 saturated heterocycles. The third-order valence-corrected chi connectivity index (χ3v) is 4.21. The molecule has 2 aromatic rings. The lowest BCUT2D eigenvalue weighted by Crippen LogP contribution is -1.92. The van der Waals surface area contributed by atoms with Gasteiger partial charge in [0.2, 0.25) is 6.79 Å². The highest BCUT2D eigenvalue weighted by molar-refractivity contribution is 7.98. The zero-order chi connectivity index (χ0) is 13.2. The number of ether oxygens (including phenoxy) is 2. The first-order valence-electron chi connectivity index (χ1n) is 5.79. The molecule has 2 N–H and O–H groups in total. The van der Waals surface area contributed by atoms with Crippen LogP contribution in [0.1, 0.15) is 5.56 Å². The maximum Gasteiger partial charge on any atom is 0.231 e. The van der Waals surface area contributed by atoms with E-state index in [-0.39, 0.29) is 0 Å². The van der Waals surface area contributed by atoms with Crippen LogP contribution in [0.4, 0.5) is 5.69 Å². The Kier molecular flexibility index (Phi) is 3.44. The van der Waals surface area contributed by atoms with Crippen molar-refractivity contribution < 1.29 is 9.47 Å². The molecule has 5 heteroatoms. The quantitative estimate of drug-likeness (QED) is 0.687. The Morgan fingerprint density at radius 3 is 2.79 bits per heavy atom. The lowest BCUT2D eigenvalue weighted by molar-refractivity contribution is 0.174. The zero-order valence-corrected chi connectivity index (χ0v) is 11.6. The largest absolute Gasteiger partial charge is 0.454 e. The van der Waals surface area contributed by atoms with Gasteiger partial charge in [0, 0.05) is 10.6 Å². The van der Waals surface area contributed by atoms with Crippen LogP contribution >= 0.6 is 23.4 Å². The molecule has 0 amide bonds. The van der Waals surface area contributed by atoms with Gasteiger partial charge in [0.15, 0.2) is 11.5 Å². The molecular formula is C14H12ClNO2S. The van der Waals surface area contributed by atoms with Crippen molar-refractivity contribution in [1.82, 2.24) is 0 Å². The van der Waals surface area contributed by atoms with Crippen LogP contribution in [-0.2, 0) is 5.75 Å². The highest BCUT2D eigenvalue weighted by Crippen LogP contribution is 2.35. The van der Waals surface area contributed by atoms with E-state index in [1.54, 1.807) is 11.8 Å². The Hall–Kier alpha value is -1.52. The van der Waals surface area contributed by atoms with E-state index in [2.05, 4.69) is 0 Å². The number of hydrogen-bond donors (Lipinski definition) is 1. The van der Waals surface area contributed by atoms with Crippen LogP contribution in [0.5, 0.6) is 11.5 Å². The van der Waals surface area contributed by atoms with Crippen LogP contribution in [-0.4, -0.2) is 6.79 Å². The second-order valence-electron chi connectivity index (χ2n) is 4.16. The minimum Gasteiger partial charge on any atom is -0.454 e. The third-order valence-electron chi connectivity index (χ3n) is 2.81. The predicted octanol–water partition coefficient (Wildman–Crippen LogP) is 3.94. The van der Waals surface area contributed by atoms with Gasteiger partial charge >= 0.3 is 0 Å². The molecule has 0 atom stereocenters. The Morgan fingerprint density at radius 1 is 1.11 bits per heavy atom. The Bertz CT molecular complexity index is 618. The van der Waals surface area contributed by atoms with Crippen molar-refractivity contribution in [1.29, 1.82) is 0 Å². The van der Waals surface area contributed by atoms with E-state index < -0.39 is 0 Å². The molecule has 1 heterocycles. The van der Waals surface area contributed by atoms with E-state index >= 15 is 0 Å². The predicted molar refractivity (Wildman–Crippen MR) is 78.0 cm³/mol. The Balaban J connectivity index is 1.70. The minimum atomic E-state index is 0.305. The summed E-state index contributed by atoms with van der Waals surface area (Å²) >= 11 is 7.70. The Labute approximate surface area is 120 Å². The van der Waals surface area contributed by atoms with Crippen LogP contribution in [0, 0.1) is 0 Å². The highest BCUT2D eigenvalue weighted by atomic mass is 35.5. The van der Waals surface area contributed by atoms with Gasteiger partial charge in [-0.05, 0) is 35.9 Å². The van der Waals surface area contributed by atoms with Crippen molar-refractivity contribution in [3.63, 3.8) is 0 Å². The van der Waals surface area contributed by atoms with E-state index in [1.807, 2.05) is 36.4 Å². The van der Waals surface area contributed by atoms with Crippen molar-refractivity contribution in [3.8, 4) is 11.5 Å². The summed E-state index contributed by atoms with van der Waals surface area (Å²) in [5.74, 6) is 2.47. The van der Waals surface area contributed by atoms with Crippen molar-refractivity contribution in [2.24, 2.45) is 0 Å². The number of anilines is 1. The fraction of sp³-hybridized carbons (Fsp3) is 0.143. The summed E-state index contributed by atoms with van der Waals surface area (Å²) in [6.45, 7) is 0.305. The first kappa shape index (κ1) is 12.5. The molecule has 0 saturated carbocycles. The molecule has 3 nitrogen and oxygen atoms in total. The van der Waals surface area contributed by atoms with Crippen molar-refractivity contribution in [2.45, 2.75) is 10.6 Å². The molecule has 0 radical (unpaired) electrons. The molecule has 0 fully saturated rings. The molecule has 1 aliphatic heterocycles. The standard InChI is InChI=1S/C14H12ClNO2S/c15-11-6-10(2-3-12(11)16)19-7-9-1-4-13-14(5-9)18-8-17-13/h1-6H,7-8,16H2. The zero-order valence-electron chi connectivity index (χ0n) is 10.1. The maximum atomic E-state index is 6.00. The van der Waals surface area contributed by atoms with Crippen LogP contribution in [0.15, 0.2) is 41.3 Å². The fourth-order valence-electron chi connectivity index (χ4n) is 1.80. The van der Waals surface area contributed by atoms with Gasteiger partial charge in [0.25, 0.3) is 0 Å². The molecule has 19 heavy (non-hydrogen) atoms. The summed E-state index contributed by atoms with van der Waals surface area (Å²) in [7, 11) is 0. The smallest absolute Gasteiger partial charge is 0.231 e. The van der Waals surface area contributed by atoms with Gasteiger partial charge < -0.3 is 15.2 Å². The van der Waals surface area contributed by atoms with E-state index in [1.165, 1.54) is 5.56 Å². The van der Waals surface area contributed by atoms with Crippen molar-refractivity contribution >= 4 is 29.1 Å². The van der Waals surface area contributed by atoms with Gasteiger partial charge in [0.05, 0.1) is 10.7 Å². The molecule has 3 rings (SSSR count). The second-order valence-corrected chi connectivity index (χ2v) is 5.62. The summed E-state index contributed by atoms with van der Waals surface area (Å²) < 4.78 is 10.6. The summed E-state index contributed by atoms with van der Waals surface area (Å²) in [6.07, 6.45) is 0. The lowest BCUT2D eigenvalue weighted by atomic mass is 10.2. The van der Waals surface area contributed by atoms with Gasteiger partial charge in [-0.2, -0.15) is 0 Å². The van der Waals surface area contributed by atoms with Gasteiger partial charge in [-0.1, -0.05) is 17.7 Å². The second kappa shape index (κ2) is 5.23. The molecular weight excluding hydrogens is 282 g/mol. The number of halogens is 1. The summed E-state index contributed by atoms with van der Waals surface area (Å²) in [5, 5.41) is 0.593. The number of rotatable bonds is 3. The highest BCUT2D eigenvalue weighted by Gasteiger charge is 2.13. The number of hydrogen-bond acceptors (Lipinski definition) is 4. The first-order chi connectivity index (χ1) is 9.22. The number of benzene rings is 2. The SMILES string of the molecule is Nc1ccc(SCc2ccc3c(c2)OCO3)cc1Cl. The number of nitrogen functional groups attached to an aromatic ring is 1. The molecule has 1 aliphatic rings. The summed E-state index contributed by atoms with van der Waals surface area (Å²) in [5.41, 5.74) is 7.47. The van der Waals surface area contributed by atoms with Crippen LogP contribution in [0.3, 0.4) is 0 Å². The molecule has 0 unspecified atom stereocenters. The maximum absolute atomic E-state index is 6.00. The van der Waals surface area contributed by atoms with E-state index in [4.69, 9.17) is 26.8 Å². The van der Waals surface area contributed by atoms with Gasteiger partial charge in [-0.15, -0.1) is 11.8 Å². The molecule has 2 aromatic carbocycles. The molecule has 98 valence electrons. The first-order valence-corrected chi connectivity index (χ1v) is 7.15. The Morgan fingerprint density at radius 2 is 1.95 bits per heavy atom. The van der Waals surface area contributed by atoms with Crippen molar-refractivity contribution in [2.75, 3.05) is 12.5 Å². The van der Waals surface area contributed by atoms with Gasteiger partial charge in [-0.3, -0.25) is 0 Å². The molecule has 0 spiro atoms. The van der Waals surface area contributed by atoms with Crippen molar-refractivity contribution in [3.05, 3.63) is 47.0 Å². The normalized spacial score (nSPS) is 12.7. The molecule has 0 aromatic heterocycles. The summed E-state index contributed by atoms with van der Waals surface area (Å²) in [4.78, 5) is 1.09. The van der Waals surface area contributed by atoms with Crippen LogP contribution in [0.2, 0.25) is 5.02 Å². The van der Waals surface area contributed by atoms with E-state index in [9.17, 15) is 0 Å². The van der Waals surface area contributed by atoms with E-state index in [0.29, 0.717) is 17.5 Å². The molecule has 0 bridgehead atoms. The monoisotopic (exact) mass is 293 g/mol. The number of thioether (sulfide) groups is 1. The van der Waals surface area contributed by atoms with E-state index in [0.717, 1.165) is 22.1 Å².